The summed E-state index contributed by atoms with van der Waals surface area (Å²) in [5, 5.41) is 9.43. The van der Waals surface area contributed by atoms with Crippen molar-refractivity contribution in [2.45, 2.75) is 12.5 Å². The number of nitrogens with two attached hydrogens (primary N) is 1. The van der Waals surface area contributed by atoms with Gasteiger partial charge in [0.25, 0.3) is 0 Å². The van der Waals surface area contributed by atoms with Crippen molar-refractivity contribution < 1.29 is 14.6 Å². The van der Waals surface area contributed by atoms with E-state index in [0.717, 1.165) is 0 Å². The molecule has 0 heterocycles. The molecule has 0 saturated carbocycles. The molecule has 5 heteroatoms. The lowest BCUT2D eigenvalue weighted by Crippen LogP contribution is -2.16. The molecular weight excluding hydrogens is 218 g/mol. The molecule has 0 amide bonds. The first-order valence-electron chi connectivity index (χ1n) is 4.25. The molecule has 1 aromatic rings. The van der Waals surface area contributed by atoms with Crippen LogP contribution in [0.3, 0.4) is 0 Å². The summed E-state index contributed by atoms with van der Waals surface area (Å²) in [6.45, 7) is 0. The van der Waals surface area contributed by atoms with Crippen molar-refractivity contribution in [2.24, 2.45) is 5.73 Å². The van der Waals surface area contributed by atoms with Crippen molar-refractivity contribution >= 4 is 18.4 Å². The van der Waals surface area contributed by atoms with Crippen LogP contribution in [0, 0.1) is 0 Å². The van der Waals surface area contributed by atoms with E-state index >= 15 is 0 Å². The fraction of sp³-hybridized carbons (Fsp3) is 0.300. The number of methoxy groups -OCH3 is 1. The number of benzene rings is 1. The minimum absolute atomic E-state index is 0. The van der Waals surface area contributed by atoms with Crippen LogP contribution in [0.1, 0.15) is 18.0 Å². The van der Waals surface area contributed by atoms with Crippen LogP contribution in [0.15, 0.2) is 24.3 Å². The SMILES string of the molecule is COC(=O)C[C@@H](N)c1ccccc1O.Cl. The smallest absolute Gasteiger partial charge is 0.307 e. The molecule has 0 bridgehead atoms. The number of carbonyl (C=O) groups excluding carboxylic acids is 1. The van der Waals surface area contributed by atoms with Gasteiger partial charge in [-0.1, -0.05) is 18.2 Å². The highest BCUT2D eigenvalue weighted by Gasteiger charge is 2.14. The van der Waals surface area contributed by atoms with Crippen molar-refractivity contribution in [2.75, 3.05) is 7.11 Å². The molecule has 84 valence electrons. The lowest BCUT2D eigenvalue weighted by Gasteiger charge is -2.11. The topological polar surface area (TPSA) is 72.5 Å². The van der Waals surface area contributed by atoms with E-state index in [1.807, 2.05) is 0 Å². The molecule has 0 radical (unpaired) electrons. The van der Waals surface area contributed by atoms with Gasteiger partial charge in [0.1, 0.15) is 5.75 Å². The number of ether oxygens (including phenoxy) is 1. The van der Waals surface area contributed by atoms with Gasteiger partial charge in [-0.3, -0.25) is 4.79 Å². The molecule has 0 aliphatic rings. The van der Waals surface area contributed by atoms with Gasteiger partial charge in [-0.25, -0.2) is 0 Å². The average molecular weight is 232 g/mol. The maximum Gasteiger partial charge on any atom is 0.307 e. The zero-order valence-electron chi connectivity index (χ0n) is 8.34. The number of esters is 1. The molecular formula is C10H14ClNO3. The Morgan fingerprint density at radius 2 is 2.13 bits per heavy atom. The molecule has 3 N–H and O–H groups in total. The van der Waals surface area contributed by atoms with Gasteiger partial charge in [0.15, 0.2) is 0 Å². The molecule has 4 nitrogen and oxygen atoms in total. The standard InChI is InChI=1S/C10H13NO3.ClH/c1-14-10(13)6-8(11)7-4-2-3-5-9(7)12;/h2-5,8,12H,6,11H2,1H3;1H/t8-;/m1./s1. The number of hydrogen-bond donors (Lipinski definition) is 2. The maximum absolute atomic E-state index is 10.9. The van der Waals surface area contributed by atoms with Gasteiger partial charge in [-0.05, 0) is 6.07 Å². The molecule has 0 aliphatic carbocycles. The van der Waals surface area contributed by atoms with Gasteiger partial charge in [0, 0.05) is 11.6 Å². The van der Waals surface area contributed by atoms with E-state index in [2.05, 4.69) is 4.74 Å². The molecule has 0 fully saturated rings. The molecule has 0 aromatic heterocycles. The van der Waals surface area contributed by atoms with E-state index in [0.29, 0.717) is 5.56 Å². The van der Waals surface area contributed by atoms with Crippen LogP contribution in [0.5, 0.6) is 5.75 Å². The lowest BCUT2D eigenvalue weighted by molar-refractivity contribution is -0.141. The van der Waals surface area contributed by atoms with E-state index in [9.17, 15) is 9.90 Å². The number of para-hydroxylation sites is 1. The van der Waals surface area contributed by atoms with Gasteiger partial charge >= 0.3 is 5.97 Å². The zero-order chi connectivity index (χ0) is 10.6. The molecule has 0 unspecified atom stereocenters. The summed E-state index contributed by atoms with van der Waals surface area (Å²) in [4.78, 5) is 10.9. The lowest BCUT2D eigenvalue weighted by atomic mass is 10.0. The van der Waals surface area contributed by atoms with Crippen molar-refractivity contribution in [3.05, 3.63) is 29.8 Å². The Hall–Kier alpha value is -1.26. The van der Waals surface area contributed by atoms with Crippen molar-refractivity contribution in [3.8, 4) is 5.75 Å². The molecule has 1 atom stereocenters. The molecule has 0 aliphatic heterocycles. The third-order valence-corrected chi connectivity index (χ3v) is 1.95. The van der Waals surface area contributed by atoms with Crippen molar-refractivity contribution in [1.82, 2.24) is 0 Å². The number of hydrogen-bond acceptors (Lipinski definition) is 4. The summed E-state index contributed by atoms with van der Waals surface area (Å²) in [5.41, 5.74) is 6.27. The van der Waals surface area contributed by atoms with Gasteiger partial charge in [-0.2, -0.15) is 0 Å². The Kier molecular flexibility index (Phi) is 5.74. The largest absolute Gasteiger partial charge is 0.508 e. The van der Waals surface area contributed by atoms with Gasteiger partial charge < -0.3 is 15.6 Å². The summed E-state index contributed by atoms with van der Waals surface area (Å²) in [6.07, 6.45) is 0.0636. The minimum Gasteiger partial charge on any atom is -0.508 e. The van der Waals surface area contributed by atoms with Crippen LogP contribution in [0.4, 0.5) is 0 Å². The van der Waals surface area contributed by atoms with Crippen LogP contribution in [-0.2, 0) is 9.53 Å². The highest BCUT2D eigenvalue weighted by atomic mass is 35.5. The fourth-order valence-electron chi connectivity index (χ4n) is 1.17. The summed E-state index contributed by atoms with van der Waals surface area (Å²) in [5.74, 6) is -0.287. The quantitative estimate of drug-likeness (QED) is 0.771. The van der Waals surface area contributed by atoms with E-state index < -0.39 is 6.04 Å². The highest BCUT2D eigenvalue weighted by molar-refractivity contribution is 5.85. The van der Waals surface area contributed by atoms with Crippen LogP contribution in [0.2, 0.25) is 0 Å². The van der Waals surface area contributed by atoms with Gasteiger partial charge in [-0.15, -0.1) is 12.4 Å². The second-order valence-electron chi connectivity index (χ2n) is 2.95. The van der Waals surface area contributed by atoms with E-state index in [-0.39, 0.29) is 30.5 Å². The predicted molar refractivity (Wildman–Crippen MR) is 58.9 cm³/mol. The summed E-state index contributed by atoms with van der Waals surface area (Å²) >= 11 is 0. The van der Waals surface area contributed by atoms with E-state index in [1.165, 1.54) is 13.2 Å². The number of halogens is 1. The van der Waals surface area contributed by atoms with Crippen molar-refractivity contribution in [1.29, 1.82) is 0 Å². The normalized spacial score (nSPS) is 11.3. The third kappa shape index (κ3) is 3.77. The zero-order valence-corrected chi connectivity index (χ0v) is 9.16. The second kappa shape index (κ2) is 6.27. The monoisotopic (exact) mass is 231 g/mol. The van der Waals surface area contributed by atoms with E-state index in [4.69, 9.17) is 5.73 Å². The maximum atomic E-state index is 10.9. The first-order chi connectivity index (χ1) is 6.65. The average Bonchev–Trinajstić information content (AvgIpc) is 2.18. The minimum atomic E-state index is -0.524. The molecule has 0 spiro atoms. The Balaban J connectivity index is 0.00000196. The highest BCUT2D eigenvalue weighted by Crippen LogP contribution is 2.23. The van der Waals surface area contributed by atoms with Crippen LogP contribution in [0.25, 0.3) is 0 Å². The Morgan fingerprint density at radius 3 is 2.67 bits per heavy atom. The fourth-order valence-corrected chi connectivity index (χ4v) is 1.17. The summed E-state index contributed by atoms with van der Waals surface area (Å²) in [7, 11) is 1.31. The van der Waals surface area contributed by atoms with Gasteiger partial charge in [0.05, 0.1) is 13.5 Å². The number of phenolic OH excluding ortho intramolecular Hbond substituents is 1. The van der Waals surface area contributed by atoms with Crippen LogP contribution >= 0.6 is 12.4 Å². The number of rotatable bonds is 3. The first kappa shape index (κ1) is 13.7. The summed E-state index contributed by atoms with van der Waals surface area (Å²) in [6, 6.07) is 6.15. The number of aromatic hydroxyl groups is 1. The van der Waals surface area contributed by atoms with Crippen LogP contribution in [-0.4, -0.2) is 18.2 Å². The second-order valence-corrected chi connectivity index (χ2v) is 2.95. The predicted octanol–water partition coefficient (Wildman–Crippen LogP) is 1.38. The summed E-state index contributed by atoms with van der Waals surface area (Å²) < 4.78 is 4.48. The van der Waals surface area contributed by atoms with Crippen LogP contribution < -0.4 is 5.73 Å². The van der Waals surface area contributed by atoms with E-state index in [1.54, 1.807) is 18.2 Å². The molecule has 1 aromatic carbocycles. The third-order valence-electron chi connectivity index (χ3n) is 1.95. The van der Waals surface area contributed by atoms with Gasteiger partial charge in [0.2, 0.25) is 0 Å². The Bertz CT molecular complexity index is 330. The molecule has 1 rings (SSSR count). The first-order valence-corrected chi connectivity index (χ1v) is 4.25. The molecule has 15 heavy (non-hydrogen) atoms. The Labute approximate surface area is 94.5 Å². The number of phenols is 1. The van der Waals surface area contributed by atoms with Crippen molar-refractivity contribution in [3.63, 3.8) is 0 Å². The number of carbonyl (C=O) groups is 1. The molecule has 0 saturated heterocycles. The Morgan fingerprint density at radius 1 is 1.53 bits per heavy atom.